The van der Waals surface area contributed by atoms with E-state index in [1.54, 1.807) is 27.7 Å². The summed E-state index contributed by atoms with van der Waals surface area (Å²) >= 11 is 0. The first-order valence-electron chi connectivity index (χ1n) is 13.6. The standard InChI is InChI=1S/C28H46N6O6/c1-15(2)23(25(31)37)33-27(39)24(16(3)4)34(28(40)18(6)32-26(38)17(5)29)22(36)13-12-21(35)20(30)14-19-10-8-7-9-11-19/h7-11,15-18,20-21,23-24,35H,12-14,29-30H2,1-6H3,(H2,31,37)(H,32,38)(H,33,39)/t17?,18?,20-,21-,23?,24?/m0/s1. The number of primary amides is 1. The van der Waals surface area contributed by atoms with Gasteiger partial charge in [-0.3, -0.25) is 28.9 Å². The normalized spacial score (nSPS) is 15.9. The Hall–Kier alpha value is -3.35. The van der Waals surface area contributed by atoms with E-state index in [9.17, 15) is 29.1 Å². The second kappa shape index (κ2) is 16.0. The number of rotatable bonds is 15. The fourth-order valence-electron chi connectivity index (χ4n) is 4.18. The van der Waals surface area contributed by atoms with Crippen molar-refractivity contribution in [2.24, 2.45) is 29.0 Å². The molecule has 1 aromatic rings. The number of nitrogens with one attached hydrogen (secondary N) is 2. The van der Waals surface area contributed by atoms with Crippen LogP contribution in [0.4, 0.5) is 0 Å². The SMILES string of the molecule is CC(N)C(=O)NC(C)C(=O)N(C(=O)CC[C@H](O)[C@@H](N)Cc1ccccc1)C(C(=O)NC(C(N)=O)C(C)C)C(C)C. The van der Waals surface area contributed by atoms with Gasteiger partial charge in [0.05, 0.1) is 12.1 Å². The highest BCUT2D eigenvalue weighted by atomic mass is 16.3. The number of nitrogens with zero attached hydrogens (tertiary/aromatic N) is 1. The molecule has 5 amide bonds. The highest BCUT2D eigenvalue weighted by molar-refractivity contribution is 6.04. The number of amides is 5. The van der Waals surface area contributed by atoms with Crippen LogP contribution in [0.25, 0.3) is 0 Å². The van der Waals surface area contributed by atoms with Crippen molar-refractivity contribution in [2.45, 2.75) is 97.1 Å². The second-order valence-corrected chi connectivity index (χ2v) is 10.9. The number of carbonyl (C=O) groups excluding carboxylic acids is 5. The number of benzene rings is 1. The van der Waals surface area contributed by atoms with Crippen molar-refractivity contribution in [3.63, 3.8) is 0 Å². The molecule has 12 heteroatoms. The molecule has 12 nitrogen and oxygen atoms in total. The van der Waals surface area contributed by atoms with Crippen LogP contribution in [0.5, 0.6) is 0 Å². The Morgan fingerprint density at radius 2 is 1.45 bits per heavy atom. The van der Waals surface area contributed by atoms with E-state index < -0.39 is 71.8 Å². The first kappa shape index (κ1) is 34.7. The Bertz CT molecular complexity index is 1020. The summed E-state index contributed by atoms with van der Waals surface area (Å²) in [6.45, 7) is 9.49. The average molecular weight is 563 g/mol. The van der Waals surface area contributed by atoms with E-state index in [1.165, 1.54) is 13.8 Å². The topological polar surface area (TPSA) is 211 Å². The van der Waals surface area contributed by atoms with Crippen LogP contribution in [0.3, 0.4) is 0 Å². The number of nitrogens with two attached hydrogens (primary N) is 3. The van der Waals surface area contributed by atoms with Gasteiger partial charge in [-0.25, -0.2) is 0 Å². The summed E-state index contributed by atoms with van der Waals surface area (Å²) in [6.07, 6.45) is -1.06. The van der Waals surface area contributed by atoms with Crippen molar-refractivity contribution in [1.29, 1.82) is 0 Å². The van der Waals surface area contributed by atoms with E-state index >= 15 is 0 Å². The van der Waals surface area contributed by atoms with Gasteiger partial charge in [-0.15, -0.1) is 0 Å². The third kappa shape index (κ3) is 10.3. The first-order valence-corrected chi connectivity index (χ1v) is 13.6. The molecule has 0 saturated heterocycles. The van der Waals surface area contributed by atoms with Crippen LogP contribution < -0.4 is 27.8 Å². The molecule has 0 bridgehead atoms. The molecule has 0 saturated carbocycles. The van der Waals surface area contributed by atoms with Gasteiger partial charge in [-0.05, 0) is 44.1 Å². The van der Waals surface area contributed by atoms with Crippen LogP contribution in [-0.4, -0.2) is 75.9 Å². The third-order valence-corrected chi connectivity index (χ3v) is 6.56. The van der Waals surface area contributed by atoms with Crippen LogP contribution in [0.1, 0.15) is 59.9 Å². The molecule has 0 aliphatic rings. The van der Waals surface area contributed by atoms with Gasteiger partial charge in [-0.2, -0.15) is 0 Å². The Labute approximate surface area is 236 Å². The second-order valence-electron chi connectivity index (χ2n) is 10.9. The van der Waals surface area contributed by atoms with Crippen molar-refractivity contribution < 1.29 is 29.1 Å². The molecule has 40 heavy (non-hydrogen) atoms. The monoisotopic (exact) mass is 562 g/mol. The number of hydrogen-bond acceptors (Lipinski definition) is 8. The number of carbonyl (C=O) groups is 5. The minimum Gasteiger partial charge on any atom is -0.391 e. The maximum Gasteiger partial charge on any atom is 0.252 e. The van der Waals surface area contributed by atoms with E-state index in [1.807, 2.05) is 30.3 Å². The average Bonchev–Trinajstić information content (AvgIpc) is 2.87. The van der Waals surface area contributed by atoms with Crippen molar-refractivity contribution in [2.75, 3.05) is 0 Å². The molecule has 0 aliphatic carbocycles. The molecule has 0 heterocycles. The van der Waals surface area contributed by atoms with Gasteiger partial charge >= 0.3 is 0 Å². The summed E-state index contributed by atoms with van der Waals surface area (Å²) in [4.78, 5) is 65.4. The summed E-state index contributed by atoms with van der Waals surface area (Å²) in [5.41, 5.74) is 18.1. The maximum atomic E-state index is 13.6. The molecule has 0 radical (unpaired) electrons. The lowest BCUT2D eigenvalue weighted by Gasteiger charge is -2.35. The van der Waals surface area contributed by atoms with Gasteiger partial charge in [0.15, 0.2) is 0 Å². The Kier molecular flexibility index (Phi) is 13.9. The Morgan fingerprint density at radius 3 is 1.93 bits per heavy atom. The largest absolute Gasteiger partial charge is 0.391 e. The smallest absolute Gasteiger partial charge is 0.252 e. The lowest BCUT2D eigenvalue weighted by atomic mass is 9.96. The van der Waals surface area contributed by atoms with Gasteiger partial charge in [-0.1, -0.05) is 58.0 Å². The van der Waals surface area contributed by atoms with Crippen molar-refractivity contribution in [3.8, 4) is 0 Å². The Balaban J connectivity index is 3.24. The molecule has 0 spiro atoms. The zero-order valence-corrected chi connectivity index (χ0v) is 24.3. The van der Waals surface area contributed by atoms with Crippen LogP contribution >= 0.6 is 0 Å². The fourth-order valence-corrected chi connectivity index (χ4v) is 4.18. The van der Waals surface area contributed by atoms with Crippen LogP contribution in [0.2, 0.25) is 0 Å². The fraction of sp³-hybridized carbons (Fsp3) is 0.607. The summed E-state index contributed by atoms with van der Waals surface area (Å²) in [5, 5.41) is 15.7. The Morgan fingerprint density at radius 1 is 0.875 bits per heavy atom. The zero-order chi connectivity index (χ0) is 30.7. The first-order chi connectivity index (χ1) is 18.6. The highest BCUT2D eigenvalue weighted by Gasteiger charge is 2.40. The molecule has 224 valence electrons. The summed E-state index contributed by atoms with van der Waals surface area (Å²) < 4.78 is 0. The predicted molar refractivity (Wildman–Crippen MR) is 151 cm³/mol. The zero-order valence-electron chi connectivity index (χ0n) is 24.3. The molecule has 0 aromatic heterocycles. The third-order valence-electron chi connectivity index (χ3n) is 6.56. The lowest BCUT2D eigenvalue weighted by Crippen LogP contribution is -2.61. The minimum absolute atomic E-state index is 0.0699. The van der Waals surface area contributed by atoms with Crippen molar-refractivity contribution in [3.05, 3.63) is 35.9 Å². The number of imide groups is 1. The maximum absolute atomic E-state index is 13.6. The highest BCUT2D eigenvalue weighted by Crippen LogP contribution is 2.18. The molecule has 0 aliphatic heterocycles. The van der Waals surface area contributed by atoms with Gasteiger partial charge in [0.2, 0.25) is 23.6 Å². The number of aliphatic hydroxyl groups excluding tert-OH is 1. The predicted octanol–water partition coefficient (Wildman–Crippen LogP) is -0.445. The summed E-state index contributed by atoms with van der Waals surface area (Å²) in [5.74, 6) is -4.63. The number of aliphatic hydroxyl groups is 1. The van der Waals surface area contributed by atoms with E-state index in [0.29, 0.717) is 6.42 Å². The van der Waals surface area contributed by atoms with Crippen LogP contribution in [-0.2, 0) is 30.4 Å². The van der Waals surface area contributed by atoms with Gasteiger partial charge in [0.25, 0.3) is 5.91 Å². The molecule has 6 atom stereocenters. The van der Waals surface area contributed by atoms with Crippen LogP contribution in [0, 0.1) is 11.8 Å². The van der Waals surface area contributed by atoms with E-state index in [0.717, 1.165) is 10.5 Å². The minimum atomic E-state index is -1.33. The van der Waals surface area contributed by atoms with Gasteiger partial charge < -0.3 is 32.9 Å². The van der Waals surface area contributed by atoms with E-state index in [4.69, 9.17) is 17.2 Å². The molecular weight excluding hydrogens is 516 g/mol. The lowest BCUT2D eigenvalue weighted by molar-refractivity contribution is -0.156. The molecule has 0 fully saturated rings. The van der Waals surface area contributed by atoms with Crippen molar-refractivity contribution in [1.82, 2.24) is 15.5 Å². The van der Waals surface area contributed by atoms with Crippen molar-refractivity contribution >= 4 is 29.5 Å². The molecule has 9 N–H and O–H groups in total. The number of hydrogen-bond donors (Lipinski definition) is 6. The molecule has 1 rings (SSSR count). The van der Waals surface area contributed by atoms with Crippen LogP contribution in [0.15, 0.2) is 30.3 Å². The summed E-state index contributed by atoms with van der Waals surface area (Å²) in [6, 6.07) is 4.18. The van der Waals surface area contributed by atoms with E-state index in [2.05, 4.69) is 10.6 Å². The quantitative estimate of drug-likeness (QED) is 0.164. The van der Waals surface area contributed by atoms with Gasteiger partial charge in [0, 0.05) is 12.5 Å². The summed E-state index contributed by atoms with van der Waals surface area (Å²) in [7, 11) is 0. The molecular formula is C28H46N6O6. The molecule has 1 aromatic carbocycles. The molecule has 4 unspecified atom stereocenters. The van der Waals surface area contributed by atoms with Gasteiger partial charge in [0.1, 0.15) is 18.1 Å². The van der Waals surface area contributed by atoms with E-state index in [-0.39, 0.29) is 18.8 Å².